The molecule has 1 fully saturated rings. The molecule has 1 atom stereocenters. The molecule has 5 heteroatoms. The molecular weight excluding hydrogens is 336 g/mol. The van der Waals surface area contributed by atoms with Gasteiger partial charge >= 0.3 is 0 Å². The predicted molar refractivity (Wildman–Crippen MR) is 110 cm³/mol. The van der Waals surface area contributed by atoms with Crippen LogP contribution >= 0.6 is 0 Å². The molecule has 1 aromatic heterocycles. The summed E-state index contributed by atoms with van der Waals surface area (Å²) in [6.45, 7) is 10.3. The molecule has 140 valence electrons. The van der Waals surface area contributed by atoms with Crippen molar-refractivity contribution in [1.82, 2.24) is 14.9 Å². The van der Waals surface area contributed by atoms with E-state index in [-0.39, 0.29) is 11.6 Å². The Hall–Kier alpha value is -2.66. The van der Waals surface area contributed by atoms with E-state index in [2.05, 4.69) is 53.8 Å². The number of para-hydroxylation sites is 1. The molecule has 0 spiro atoms. The fraction of sp³-hybridized carbons (Fsp3) is 0.364. The first-order valence-corrected chi connectivity index (χ1v) is 9.59. The lowest BCUT2D eigenvalue weighted by Crippen LogP contribution is -2.47. The second-order valence-corrected chi connectivity index (χ2v) is 7.39. The van der Waals surface area contributed by atoms with Crippen LogP contribution in [0.5, 0.6) is 0 Å². The number of aryl methyl sites for hydroxylation is 1. The number of fused-ring (bicyclic) bond motifs is 1. The zero-order valence-electron chi connectivity index (χ0n) is 16.2. The number of rotatable bonds is 3. The van der Waals surface area contributed by atoms with Crippen LogP contribution in [0.3, 0.4) is 0 Å². The Morgan fingerprint density at radius 1 is 1.00 bits per heavy atom. The maximum absolute atomic E-state index is 12.4. The molecule has 2 aromatic carbocycles. The van der Waals surface area contributed by atoms with Gasteiger partial charge in [0.05, 0.1) is 16.9 Å². The van der Waals surface area contributed by atoms with Crippen molar-refractivity contribution >= 4 is 16.6 Å². The number of anilines is 1. The van der Waals surface area contributed by atoms with Crippen LogP contribution in [-0.2, 0) is 0 Å². The summed E-state index contributed by atoms with van der Waals surface area (Å²) in [5.41, 5.74) is 4.73. The molecule has 1 aliphatic heterocycles. The summed E-state index contributed by atoms with van der Waals surface area (Å²) in [5, 5.41) is 0.646. The monoisotopic (exact) mass is 362 g/mol. The first-order valence-electron chi connectivity index (χ1n) is 9.59. The lowest BCUT2D eigenvalue weighted by atomic mass is 10.1. The van der Waals surface area contributed by atoms with Crippen LogP contribution in [0.15, 0.2) is 47.3 Å². The second-order valence-electron chi connectivity index (χ2n) is 7.39. The Morgan fingerprint density at radius 3 is 2.52 bits per heavy atom. The van der Waals surface area contributed by atoms with Gasteiger partial charge in [0, 0.05) is 31.9 Å². The van der Waals surface area contributed by atoms with Gasteiger partial charge in [0.2, 0.25) is 0 Å². The molecule has 1 saturated heterocycles. The maximum Gasteiger partial charge on any atom is 0.258 e. The van der Waals surface area contributed by atoms with Gasteiger partial charge in [-0.15, -0.1) is 0 Å². The van der Waals surface area contributed by atoms with Crippen molar-refractivity contribution in [2.45, 2.75) is 26.8 Å². The minimum atomic E-state index is -0.0588. The van der Waals surface area contributed by atoms with Gasteiger partial charge in [-0.3, -0.25) is 9.69 Å². The van der Waals surface area contributed by atoms with Gasteiger partial charge < -0.3 is 9.88 Å². The number of nitrogens with zero attached hydrogens (tertiary/aromatic N) is 3. The van der Waals surface area contributed by atoms with Gasteiger partial charge in [0.1, 0.15) is 5.82 Å². The smallest absolute Gasteiger partial charge is 0.258 e. The Kier molecular flexibility index (Phi) is 4.70. The SMILES string of the molecule is Cc1cccc(N2CCN([C@H](C)c3nc4ccccc4c(=O)[nH]3)CC2)c1C. The van der Waals surface area contributed by atoms with Crippen LogP contribution in [-0.4, -0.2) is 41.0 Å². The lowest BCUT2D eigenvalue weighted by Gasteiger charge is -2.39. The first kappa shape index (κ1) is 17.7. The molecule has 2 heterocycles. The van der Waals surface area contributed by atoms with E-state index in [0.29, 0.717) is 5.39 Å². The van der Waals surface area contributed by atoms with E-state index in [1.807, 2.05) is 24.3 Å². The van der Waals surface area contributed by atoms with E-state index in [9.17, 15) is 4.79 Å². The lowest BCUT2D eigenvalue weighted by molar-refractivity contribution is 0.191. The van der Waals surface area contributed by atoms with Crippen molar-refractivity contribution in [2.24, 2.45) is 0 Å². The average Bonchev–Trinajstić information content (AvgIpc) is 2.70. The molecule has 1 N–H and O–H groups in total. The number of nitrogens with one attached hydrogen (secondary N) is 1. The summed E-state index contributed by atoms with van der Waals surface area (Å²) in [6.07, 6.45) is 0. The largest absolute Gasteiger partial charge is 0.369 e. The second kappa shape index (κ2) is 7.16. The Balaban J connectivity index is 1.51. The van der Waals surface area contributed by atoms with Crippen molar-refractivity contribution < 1.29 is 0 Å². The van der Waals surface area contributed by atoms with Gasteiger partial charge in [-0.05, 0) is 50.1 Å². The number of benzene rings is 2. The van der Waals surface area contributed by atoms with Crippen LogP contribution < -0.4 is 10.5 Å². The molecule has 0 unspecified atom stereocenters. The van der Waals surface area contributed by atoms with E-state index in [4.69, 9.17) is 4.98 Å². The Bertz CT molecular complexity index is 1020. The Labute approximate surface area is 159 Å². The van der Waals surface area contributed by atoms with Gasteiger partial charge in [-0.2, -0.15) is 0 Å². The fourth-order valence-electron chi connectivity index (χ4n) is 3.90. The number of hydrogen-bond donors (Lipinski definition) is 1. The van der Waals surface area contributed by atoms with E-state index in [1.54, 1.807) is 0 Å². The Morgan fingerprint density at radius 2 is 1.74 bits per heavy atom. The summed E-state index contributed by atoms with van der Waals surface area (Å²) in [6, 6.07) is 14.1. The van der Waals surface area contributed by atoms with Crippen molar-refractivity contribution in [2.75, 3.05) is 31.1 Å². The predicted octanol–water partition coefficient (Wildman–Crippen LogP) is 3.42. The number of H-pyrrole nitrogens is 1. The molecular formula is C22H26N4O. The highest BCUT2D eigenvalue weighted by molar-refractivity contribution is 5.77. The standard InChI is InChI=1S/C22H26N4O/c1-15-7-6-10-20(16(15)2)26-13-11-25(12-14-26)17(3)21-23-19-9-5-4-8-18(19)22(27)24-21/h4-10,17H,11-14H2,1-3H3,(H,23,24,27)/t17-/m1/s1. The number of aromatic amines is 1. The summed E-state index contributed by atoms with van der Waals surface area (Å²) < 4.78 is 0. The van der Waals surface area contributed by atoms with Gasteiger partial charge in [0.25, 0.3) is 5.56 Å². The summed E-state index contributed by atoms with van der Waals surface area (Å²) in [5.74, 6) is 0.749. The molecule has 1 aliphatic rings. The van der Waals surface area contributed by atoms with Crippen molar-refractivity contribution in [3.8, 4) is 0 Å². The minimum Gasteiger partial charge on any atom is -0.369 e. The van der Waals surface area contributed by atoms with Crippen LogP contribution in [0.1, 0.15) is 29.9 Å². The molecule has 0 aliphatic carbocycles. The molecule has 0 radical (unpaired) electrons. The van der Waals surface area contributed by atoms with Gasteiger partial charge in [-0.25, -0.2) is 4.98 Å². The van der Waals surface area contributed by atoms with Crippen LogP contribution in [0.4, 0.5) is 5.69 Å². The van der Waals surface area contributed by atoms with Gasteiger partial charge in [-0.1, -0.05) is 24.3 Å². The molecule has 5 nitrogen and oxygen atoms in total. The third-order valence-corrected chi connectivity index (χ3v) is 5.81. The first-order chi connectivity index (χ1) is 13.0. The molecule has 27 heavy (non-hydrogen) atoms. The average molecular weight is 362 g/mol. The zero-order valence-corrected chi connectivity index (χ0v) is 16.2. The number of aromatic nitrogens is 2. The van der Waals surface area contributed by atoms with E-state index < -0.39 is 0 Å². The summed E-state index contributed by atoms with van der Waals surface area (Å²) in [4.78, 5) is 24.9. The minimum absolute atomic E-state index is 0.0588. The molecule has 4 rings (SSSR count). The molecule has 3 aromatic rings. The van der Waals surface area contributed by atoms with Gasteiger partial charge in [0.15, 0.2) is 0 Å². The highest BCUT2D eigenvalue weighted by Crippen LogP contribution is 2.26. The third-order valence-electron chi connectivity index (χ3n) is 5.81. The van der Waals surface area contributed by atoms with Crippen LogP contribution in [0.25, 0.3) is 10.9 Å². The van der Waals surface area contributed by atoms with E-state index >= 15 is 0 Å². The highest BCUT2D eigenvalue weighted by atomic mass is 16.1. The summed E-state index contributed by atoms with van der Waals surface area (Å²) in [7, 11) is 0. The van der Waals surface area contributed by atoms with Crippen LogP contribution in [0, 0.1) is 13.8 Å². The molecule has 0 amide bonds. The zero-order chi connectivity index (χ0) is 19.0. The maximum atomic E-state index is 12.4. The van der Waals surface area contributed by atoms with Crippen molar-refractivity contribution in [1.29, 1.82) is 0 Å². The normalized spacial score (nSPS) is 16.6. The quantitative estimate of drug-likeness (QED) is 0.776. The molecule has 0 bridgehead atoms. The van der Waals surface area contributed by atoms with Crippen molar-refractivity contribution in [3.05, 3.63) is 69.8 Å². The molecule has 0 saturated carbocycles. The number of piperazine rings is 1. The summed E-state index contributed by atoms with van der Waals surface area (Å²) >= 11 is 0. The van der Waals surface area contributed by atoms with E-state index in [1.165, 1.54) is 16.8 Å². The van der Waals surface area contributed by atoms with Crippen molar-refractivity contribution in [3.63, 3.8) is 0 Å². The topological polar surface area (TPSA) is 52.2 Å². The third kappa shape index (κ3) is 3.35. The fourth-order valence-corrected chi connectivity index (χ4v) is 3.90. The number of hydrogen-bond acceptors (Lipinski definition) is 4. The highest BCUT2D eigenvalue weighted by Gasteiger charge is 2.24. The van der Waals surface area contributed by atoms with E-state index in [0.717, 1.165) is 37.5 Å². The van der Waals surface area contributed by atoms with Crippen LogP contribution in [0.2, 0.25) is 0 Å².